The Labute approximate surface area is 158 Å². The molecule has 0 radical (unpaired) electrons. The zero-order valence-corrected chi connectivity index (χ0v) is 15.0. The fourth-order valence-electron chi connectivity index (χ4n) is 2.50. The Morgan fingerprint density at radius 2 is 1.79 bits per heavy atom. The third-order valence-corrected chi connectivity index (χ3v) is 3.92. The van der Waals surface area contributed by atoms with E-state index in [4.69, 9.17) is 14.2 Å². The van der Waals surface area contributed by atoms with Crippen LogP contribution in [0, 0.1) is 0 Å². The first kappa shape index (κ1) is 20.1. The first-order chi connectivity index (χ1) is 13.3. The van der Waals surface area contributed by atoms with Crippen molar-refractivity contribution in [3.8, 4) is 11.6 Å². The predicted molar refractivity (Wildman–Crippen MR) is 89.5 cm³/mol. The second-order valence-electron chi connectivity index (χ2n) is 5.77. The third kappa shape index (κ3) is 4.41. The van der Waals surface area contributed by atoms with Crippen LogP contribution in [-0.4, -0.2) is 43.3 Å². The lowest BCUT2D eigenvalue weighted by Crippen LogP contribution is -2.28. The molecule has 0 bridgehead atoms. The number of pyridine rings is 1. The van der Waals surface area contributed by atoms with Crippen molar-refractivity contribution in [1.82, 2.24) is 10.0 Å². The maximum Gasteiger partial charge on any atom is 0.434 e. The number of nitrogens with zero attached hydrogens (tertiary/aromatic N) is 2. The van der Waals surface area contributed by atoms with Crippen molar-refractivity contribution in [2.75, 3.05) is 27.4 Å². The average molecular weight is 398 g/mol. The quantitative estimate of drug-likeness (QED) is 0.718. The van der Waals surface area contributed by atoms with Gasteiger partial charge in [-0.2, -0.15) is 13.2 Å². The number of hydrogen-bond acceptors (Lipinski definition) is 6. The number of amides is 1. The molecule has 1 amide bonds. The first-order valence-electron chi connectivity index (χ1n) is 8.21. The van der Waals surface area contributed by atoms with Crippen LogP contribution in [0.2, 0.25) is 0 Å². The molecule has 3 rings (SSSR count). The van der Waals surface area contributed by atoms with Gasteiger partial charge in [0.25, 0.3) is 5.91 Å². The van der Waals surface area contributed by atoms with E-state index in [1.165, 1.54) is 20.2 Å². The number of carbonyl (C=O) groups is 1. The molecule has 1 aromatic heterocycles. The van der Waals surface area contributed by atoms with Gasteiger partial charge in [0.1, 0.15) is 5.75 Å². The molecule has 10 heteroatoms. The van der Waals surface area contributed by atoms with Crippen molar-refractivity contribution < 1.29 is 37.0 Å². The molecule has 28 heavy (non-hydrogen) atoms. The van der Waals surface area contributed by atoms with E-state index >= 15 is 0 Å². The Kier molecular flexibility index (Phi) is 5.82. The SMILES string of the molecule is CON(C)C(=O)c1ccc(Oc2ccc(C3OCCO3)cc2)nc1C(F)(F)F. The van der Waals surface area contributed by atoms with Crippen molar-refractivity contribution in [3.63, 3.8) is 0 Å². The number of rotatable bonds is 5. The Bertz CT molecular complexity index is 836. The lowest BCUT2D eigenvalue weighted by molar-refractivity contribution is -0.142. The lowest BCUT2D eigenvalue weighted by atomic mass is 10.1. The van der Waals surface area contributed by atoms with E-state index in [9.17, 15) is 18.0 Å². The van der Waals surface area contributed by atoms with Crippen molar-refractivity contribution >= 4 is 5.91 Å². The Morgan fingerprint density at radius 3 is 2.36 bits per heavy atom. The summed E-state index contributed by atoms with van der Waals surface area (Å²) < 4.78 is 56.2. The van der Waals surface area contributed by atoms with E-state index in [-0.39, 0.29) is 11.6 Å². The Morgan fingerprint density at radius 1 is 1.14 bits per heavy atom. The minimum absolute atomic E-state index is 0.274. The molecule has 0 saturated carbocycles. The van der Waals surface area contributed by atoms with E-state index in [0.29, 0.717) is 18.3 Å². The number of hydrogen-bond donors (Lipinski definition) is 0. The third-order valence-electron chi connectivity index (χ3n) is 3.92. The zero-order valence-electron chi connectivity index (χ0n) is 15.0. The molecule has 1 aliphatic heterocycles. The van der Waals surface area contributed by atoms with Gasteiger partial charge in [-0.15, -0.1) is 0 Å². The smallest absolute Gasteiger partial charge is 0.434 e. The van der Waals surface area contributed by atoms with Crippen molar-refractivity contribution in [3.05, 3.63) is 53.2 Å². The maximum atomic E-state index is 13.4. The molecule has 1 saturated heterocycles. The highest BCUT2D eigenvalue weighted by Crippen LogP contribution is 2.34. The second-order valence-corrected chi connectivity index (χ2v) is 5.77. The van der Waals surface area contributed by atoms with Gasteiger partial charge in [0.15, 0.2) is 12.0 Å². The fourth-order valence-corrected chi connectivity index (χ4v) is 2.50. The molecule has 0 atom stereocenters. The van der Waals surface area contributed by atoms with E-state index < -0.39 is 29.6 Å². The molecular formula is C18H17F3N2O5. The van der Waals surface area contributed by atoms with Gasteiger partial charge in [0, 0.05) is 18.7 Å². The van der Waals surface area contributed by atoms with E-state index in [2.05, 4.69) is 9.82 Å². The maximum absolute atomic E-state index is 13.4. The molecule has 1 aliphatic rings. The molecule has 0 spiro atoms. The van der Waals surface area contributed by atoms with Crippen LogP contribution >= 0.6 is 0 Å². The highest BCUT2D eigenvalue weighted by atomic mass is 19.4. The summed E-state index contributed by atoms with van der Waals surface area (Å²) in [6.45, 7) is 0.993. The molecule has 0 N–H and O–H groups in total. The van der Waals surface area contributed by atoms with Crippen LogP contribution in [-0.2, 0) is 20.5 Å². The topological polar surface area (TPSA) is 70.1 Å². The monoisotopic (exact) mass is 398 g/mol. The molecule has 7 nitrogen and oxygen atoms in total. The van der Waals surface area contributed by atoms with Crippen molar-refractivity contribution in [2.24, 2.45) is 0 Å². The minimum Gasteiger partial charge on any atom is -0.439 e. The number of ether oxygens (including phenoxy) is 3. The summed E-state index contributed by atoms with van der Waals surface area (Å²) in [4.78, 5) is 20.2. The van der Waals surface area contributed by atoms with Gasteiger partial charge in [-0.25, -0.2) is 10.0 Å². The first-order valence-corrected chi connectivity index (χ1v) is 8.21. The summed E-state index contributed by atoms with van der Waals surface area (Å²) in [6, 6.07) is 8.67. The molecule has 0 unspecified atom stereocenters. The summed E-state index contributed by atoms with van der Waals surface area (Å²) in [6.07, 6.45) is -5.31. The van der Waals surface area contributed by atoms with Gasteiger partial charge in [0.05, 0.1) is 25.9 Å². The van der Waals surface area contributed by atoms with Crippen molar-refractivity contribution in [2.45, 2.75) is 12.5 Å². The van der Waals surface area contributed by atoms with Crippen LogP contribution in [0.25, 0.3) is 0 Å². The van der Waals surface area contributed by atoms with Gasteiger partial charge >= 0.3 is 6.18 Å². The van der Waals surface area contributed by atoms with Crippen LogP contribution in [0.4, 0.5) is 13.2 Å². The Balaban J connectivity index is 1.83. The number of benzene rings is 1. The highest BCUT2D eigenvalue weighted by molar-refractivity contribution is 5.94. The van der Waals surface area contributed by atoms with Crippen LogP contribution in [0.1, 0.15) is 27.9 Å². The second kappa shape index (κ2) is 8.13. The van der Waals surface area contributed by atoms with E-state index in [0.717, 1.165) is 11.6 Å². The number of halogens is 3. The lowest BCUT2D eigenvalue weighted by Gasteiger charge is -2.17. The van der Waals surface area contributed by atoms with E-state index in [1.807, 2.05) is 0 Å². The molecule has 1 aromatic carbocycles. The van der Waals surface area contributed by atoms with Crippen LogP contribution in [0.15, 0.2) is 36.4 Å². The molecule has 0 aliphatic carbocycles. The molecular weight excluding hydrogens is 381 g/mol. The van der Waals surface area contributed by atoms with Gasteiger partial charge in [-0.05, 0) is 18.2 Å². The normalized spacial score (nSPS) is 14.9. The summed E-state index contributed by atoms with van der Waals surface area (Å²) in [7, 11) is 2.37. The summed E-state index contributed by atoms with van der Waals surface area (Å²) in [5.74, 6) is -1.00. The number of alkyl halides is 3. The van der Waals surface area contributed by atoms with Gasteiger partial charge in [-0.3, -0.25) is 9.63 Å². The van der Waals surface area contributed by atoms with E-state index in [1.54, 1.807) is 24.3 Å². The summed E-state index contributed by atoms with van der Waals surface area (Å²) in [5.41, 5.74) is -1.24. The van der Waals surface area contributed by atoms with Crippen LogP contribution < -0.4 is 4.74 Å². The standard InChI is InChI=1S/C18H17F3N2O5/c1-23(25-2)16(24)13-7-8-14(22-15(13)18(19,20)21)28-12-5-3-11(4-6-12)17-26-9-10-27-17/h3-8,17H,9-10H2,1-2H3. The molecule has 150 valence electrons. The van der Waals surface area contributed by atoms with Crippen LogP contribution in [0.5, 0.6) is 11.6 Å². The Hall–Kier alpha value is -2.69. The van der Waals surface area contributed by atoms with Gasteiger partial charge in [-0.1, -0.05) is 12.1 Å². The number of carbonyl (C=O) groups excluding carboxylic acids is 1. The highest BCUT2D eigenvalue weighted by Gasteiger charge is 2.38. The van der Waals surface area contributed by atoms with Gasteiger partial charge < -0.3 is 14.2 Å². The fraction of sp³-hybridized carbons (Fsp3) is 0.333. The van der Waals surface area contributed by atoms with Crippen molar-refractivity contribution in [1.29, 1.82) is 0 Å². The average Bonchev–Trinajstić information content (AvgIpc) is 3.21. The summed E-state index contributed by atoms with van der Waals surface area (Å²) >= 11 is 0. The minimum atomic E-state index is -4.85. The summed E-state index contributed by atoms with van der Waals surface area (Å²) in [5, 5.41) is 0.679. The number of aromatic nitrogens is 1. The van der Waals surface area contributed by atoms with Crippen LogP contribution in [0.3, 0.4) is 0 Å². The molecule has 1 fully saturated rings. The van der Waals surface area contributed by atoms with Gasteiger partial charge in [0.2, 0.25) is 5.88 Å². The number of hydroxylamine groups is 2. The zero-order chi connectivity index (χ0) is 20.3. The molecule has 2 aromatic rings. The molecule has 2 heterocycles. The largest absolute Gasteiger partial charge is 0.439 e. The predicted octanol–water partition coefficient (Wildman–Crippen LogP) is 3.57.